The Morgan fingerprint density at radius 2 is 1.77 bits per heavy atom. The van der Waals surface area contributed by atoms with E-state index in [-0.39, 0.29) is 17.5 Å². The number of fused-ring (bicyclic) bond motifs is 3. The predicted octanol–water partition coefficient (Wildman–Crippen LogP) is 6.66. The van der Waals surface area contributed by atoms with Crippen LogP contribution in [0.4, 0.5) is 15.8 Å². The van der Waals surface area contributed by atoms with E-state index in [1.807, 2.05) is 30.3 Å². The molecule has 0 unspecified atom stereocenters. The second kappa shape index (κ2) is 10.7. The smallest absolute Gasteiger partial charge is 0.265 e. The Hall–Kier alpha value is -4.56. The number of para-hydroxylation sites is 2. The van der Waals surface area contributed by atoms with Crippen LogP contribution < -0.4 is 16.0 Å². The lowest BCUT2D eigenvalue weighted by atomic mass is 10.0. The van der Waals surface area contributed by atoms with E-state index in [4.69, 9.17) is 11.1 Å². The van der Waals surface area contributed by atoms with E-state index in [1.54, 1.807) is 55.1 Å². The number of halogens is 1. The van der Waals surface area contributed by atoms with Gasteiger partial charge in [0.2, 0.25) is 0 Å². The van der Waals surface area contributed by atoms with Crippen LogP contribution in [0.25, 0.3) is 16.0 Å². The van der Waals surface area contributed by atoms with Gasteiger partial charge in [0, 0.05) is 40.0 Å². The number of nitrogens with zero attached hydrogens (tertiary/aromatic N) is 1. The molecule has 6 nitrogen and oxygen atoms in total. The quantitative estimate of drug-likeness (QED) is 0.248. The van der Waals surface area contributed by atoms with E-state index >= 15 is 0 Å². The van der Waals surface area contributed by atoms with Gasteiger partial charge in [-0.15, -0.1) is 11.3 Å². The number of aryl methyl sites for hydroxylation is 1. The fourth-order valence-corrected chi connectivity index (χ4v) is 5.90. The van der Waals surface area contributed by atoms with Crippen molar-refractivity contribution < 1.29 is 14.0 Å². The molecule has 0 saturated carbocycles. The molecule has 1 aliphatic heterocycles. The number of carbonyl (C=O) groups excluding carboxylic acids is 2. The molecule has 1 aromatic heterocycles. The average Bonchev–Trinajstić information content (AvgIpc) is 3.29. The van der Waals surface area contributed by atoms with Crippen LogP contribution in [0.15, 0.2) is 78.5 Å². The second-order valence-electron chi connectivity index (χ2n) is 9.39. The number of nitrogens with two attached hydrogens (primary N) is 1. The number of hydrogen-bond acceptors (Lipinski definition) is 5. The minimum atomic E-state index is -0.475. The summed E-state index contributed by atoms with van der Waals surface area (Å²) in [7, 11) is 0. The van der Waals surface area contributed by atoms with Gasteiger partial charge in [0.1, 0.15) is 5.82 Å². The van der Waals surface area contributed by atoms with Gasteiger partial charge in [-0.1, -0.05) is 42.5 Å². The van der Waals surface area contributed by atoms with Crippen molar-refractivity contribution in [1.29, 1.82) is 5.41 Å². The Morgan fingerprint density at radius 1 is 1.05 bits per heavy atom. The van der Waals surface area contributed by atoms with Gasteiger partial charge in [0.15, 0.2) is 0 Å². The summed E-state index contributed by atoms with van der Waals surface area (Å²) in [5.74, 6) is -0.975. The lowest BCUT2D eigenvalue weighted by molar-refractivity contribution is 0.0985. The summed E-state index contributed by atoms with van der Waals surface area (Å²) in [4.78, 5) is 29.9. The molecule has 0 atom stereocenters. The van der Waals surface area contributed by atoms with Gasteiger partial charge < -0.3 is 21.4 Å². The van der Waals surface area contributed by atoms with E-state index in [2.05, 4.69) is 5.32 Å². The van der Waals surface area contributed by atoms with Gasteiger partial charge in [-0.2, -0.15) is 0 Å². The molecule has 2 amide bonds. The minimum absolute atomic E-state index is 0.137. The van der Waals surface area contributed by atoms with Crippen LogP contribution in [-0.4, -0.2) is 24.6 Å². The number of carbonyl (C=O) groups is 2. The van der Waals surface area contributed by atoms with E-state index < -0.39 is 5.82 Å². The highest BCUT2D eigenvalue weighted by Crippen LogP contribution is 2.42. The van der Waals surface area contributed by atoms with Crippen molar-refractivity contribution in [3.63, 3.8) is 0 Å². The lowest BCUT2D eigenvalue weighted by Crippen LogP contribution is -2.32. The van der Waals surface area contributed by atoms with Crippen molar-refractivity contribution in [1.82, 2.24) is 0 Å². The van der Waals surface area contributed by atoms with Crippen LogP contribution in [-0.2, 0) is 6.42 Å². The number of thiophene rings is 1. The molecule has 8 heteroatoms. The summed E-state index contributed by atoms with van der Waals surface area (Å²) in [5, 5.41) is 10.3. The summed E-state index contributed by atoms with van der Waals surface area (Å²) < 4.78 is 14.3. The monoisotopic (exact) mass is 538 g/mol. The van der Waals surface area contributed by atoms with Crippen molar-refractivity contribution in [3.05, 3.63) is 111 Å². The summed E-state index contributed by atoms with van der Waals surface area (Å²) in [6.07, 6.45) is 1.77. The second-order valence-corrected chi connectivity index (χ2v) is 10.4. The third kappa shape index (κ3) is 4.98. The SMILES string of the molecule is CC(N)=C(C=N)c1ccc(C(=O)N2CCc3cc(C(=O)Nc4c(C)cccc4F)sc3-c3ccccc32)cc1. The largest absolute Gasteiger partial charge is 0.402 e. The maximum absolute atomic E-state index is 14.3. The third-order valence-corrected chi connectivity index (χ3v) is 8.00. The van der Waals surface area contributed by atoms with Crippen molar-refractivity contribution in [2.45, 2.75) is 20.3 Å². The number of rotatable bonds is 5. The molecular formula is C31H27FN4O2S. The van der Waals surface area contributed by atoms with Crippen LogP contribution in [0, 0.1) is 18.2 Å². The van der Waals surface area contributed by atoms with Crippen molar-refractivity contribution in [2.24, 2.45) is 5.73 Å². The van der Waals surface area contributed by atoms with E-state index in [1.165, 1.54) is 23.6 Å². The molecule has 0 aliphatic carbocycles. The van der Waals surface area contributed by atoms with E-state index in [0.29, 0.717) is 40.2 Å². The van der Waals surface area contributed by atoms with Gasteiger partial charge in [0.05, 0.1) is 16.3 Å². The fraction of sp³-hybridized carbons (Fsp3) is 0.129. The number of nitrogens with one attached hydrogen (secondary N) is 2. The summed E-state index contributed by atoms with van der Waals surface area (Å²) in [5.41, 5.74) is 11.8. The van der Waals surface area contributed by atoms with E-state index in [0.717, 1.165) is 27.3 Å². The zero-order valence-corrected chi connectivity index (χ0v) is 22.4. The topological polar surface area (TPSA) is 99.3 Å². The Labute approximate surface area is 230 Å². The van der Waals surface area contributed by atoms with Crippen LogP contribution >= 0.6 is 11.3 Å². The normalized spacial score (nSPS) is 13.1. The molecule has 0 spiro atoms. The molecule has 0 radical (unpaired) electrons. The summed E-state index contributed by atoms with van der Waals surface area (Å²) in [6, 6.07) is 21.3. The Morgan fingerprint density at radius 3 is 2.46 bits per heavy atom. The molecule has 2 heterocycles. The van der Waals surface area contributed by atoms with Crippen molar-refractivity contribution in [2.75, 3.05) is 16.8 Å². The van der Waals surface area contributed by atoms with Crippen LogP contribution in [0.2, 0.25) is 0 Å². The molecule has 5 rings (SSSR count). The molecule has 0 bridgehead atoms. The van der Waals surface area contributed by atoms with Crippen LogP contribution in [0.1, 0.15) is 43.6 Å². The number of hydrogen-bond donors (Lipinski definition) is 3. The highest BCUT2D eigenvalue weighted by Gasteiger charge is 2.28. The number of allylic oxidation sites excluding steroid dienone is 2. The zero-order valence-electron chi connectivity index (χ0n) is 21.5. The highest BCUT2D eigenvalue weighted by molar-refractivity contribution is 7.17. The van der Waals surface area contributed by atoms with Gasteiger partial charge in [-0.25, -0.2) is 4.39 Å². The first kappa shape index (κ1) is 26.1. The first-order valence-electron chi connectivity index (χ1n) is 12.5. The van der Waals surface area contributed by atoms with Crippen molar-refractivity contribution in [3.8, 4) is 10.4 Å². The predicted molar refractivity (Wildman–Crippen MR) is 156 cm³/mol. The zero-order chi connectivity index (χ0) is 27.7. The number of anilines is 2. The van der Waals surface area contributed by atoms with Gasteiger partial charge >= 0.3 is 0 Å². The van der Waals surface area contributed by atoms with Gasteiger partial charge in [0.25, 0.3) is 11.8 Å². The molecule has 4 aromatic rings. The highest BCUT2D eigenvalue weighted by atomic mass is 32.1. The molecule has 0 fully saturated rings. The maximum atomic E-state index is 14.3. The minimum Gasteiger partial charge on any atom is -0.402 e. The Balaban J connectivity index is 1.45. The van der Waals surface area contributed by atoms with Crippen molar-refractivity contribution >= 4 is 46.3 Å². The van der Waals surface area contributed by atoms with Crippen LogP contribution in [0.5, 0.6) is 0 Å². The molecule has 0 saturated heterocycles. The van der Waals surface area contributed by atoms with E-state index in [9.17, 15) is 14.0 Å². The summed E-state index contributed by atoms with van der Waals surface area (Å²) in [6.45, 7) is 3.92. The average molecular weight is 539 g/mol. The van der Waals surface area contributed by atoms with Gasteiger partial charge in [-0.05, 0) is 67.3 Å². The number of benzene rings is 3. The first-order chi connectivity index (χ1) is 18.8. The molecule has 1 aliphatic rings. The maximum Gasteiger partial charge on any atom is 0.265 e. The fourth-order valence-electron chi connectivity index (χ4n) is 4.76. The first-order valence-corrected chi connectivity index (χ1v) is 13.3. The molecule has 39 heavy (non-hydrogen) atoms. The lowest BCUT2D eigenvalue weighted by Gasteiger charge is -2.23. The molecule has 3 aromatic carbocycles. The molecule has 196 valence electrons. The third-order valence-electron chi connectivity index (χ3n) is 6.79. The number of amides is 2. The standard InChI is InChI=1S/C31H27FN4O2S/c1-18-6-5-8-25(32)28(18)35-30(37)27-16-22-14-15-36(26-9-4-3-7-23(26)29(22)39-27)31(38)21-12-10-20(11-13-21)24(17-33)19(2)34/h3-13,16-17,33H,14-15,34H2,1-2H3,(H,35,37). The summed E-state index contributed by atoms with van der Waals surface area (Å²) >= 11 is 1.34. The Kier molecular flexibility index (Phi) is 7.13. The molecule has 4 N–H and O–H groups in total. The van der Waals surface area contributed by atoms with Crippen LogP contribution in [0.3, 0.4) is 0 Å². The molecular weight excluding hydrogens is 511 g/mol. The van der Waals surface area contributed by atoms with Gasteiger partial charge in [-0.3, -0.25) is 9.59 Å². The Bertz CT molecular complexity index is 1610.